The lowest BCUT2D eigenvalue weighted by molar-refractivity contribution is 0.0675. The van der Waals surface area contributed by atoms with E-state index in [1.165, 1.54) is 4.90 Å². The third-order valence-corrected chi connectivity index (χ3v) is 3.47. The van der Waals surface area contributed by atoms with Gasteiger partial charge in [0.15, 0.2) is 5.76 Å². The van der Waals surface area contributed by atoms with Crippen molar-refractivity contribution in [1.82, 2.24) is 4.90 Å². The van der Waals surface area contributed by atoms with E-state index in [0.29, 0.717) is 11.3 Å². The summed E-state index contributed by atoms with van der Waals surface area (Å²) in [6, 6.07) is 5.64. The Morgan fingerprint density at radius 2 is 2.21 bits per heavy atom. The van der Waals surface area contributed by atoms with E-state index in [2.05, 4.69) is 15.9 Å². The normalized spacial score (nSPS) is 12.7. The van der Waals surface area contributed by atoms with Crippen LogP contribution >= 0.6 is 15.9 Å². The molecule has 1 heterocycles. The predicted octanol–water partition coefficient (Wildman–Crippen LogP) is 2.96. The maximum atomic E-state index is 12.3. The highest BCUT2D eigenvalue weighted by molar-refractivity contribution is 9.10. The number of likely N-dealkylation sites (N-methyl/N-ethyl adjacent to an activating group) is 1. The Morgan fingerprint density at radius 3 is 2.84 bits per heavy atom. The molecule has 2 rings (SSSR count). The van der Waals surface area contributed by atoms with Crippen molar-refractivity contribution in [3.8, 4) is 0 Å². The summed E-state index contributed by atoms with van der Waals surface area (Å²) in [6.45, 7) is 3.78. The van der Waals surface area contributed by atoms with Gasteiger partial charge in [0.25, 0.3) is 5.91 Å². The van der Waals surface area contributed by atoms with Crippen LogP contribution < -0.4 is 0 Å². The molecule has 1 aromatic heterocycles. The molecule has 1 aromatic carbocycles. The molecule has 0 bridgehead atoms. The molecule has 2 aromatic rings. The van der Waals surface area contributed by atoms with Crippen molar-refractivity contribution in [2.24, 2.45) is 0 Å². The zero-order chi connectivity index (χ0) is 14.2. The predicted molar refractivity (Wildman–Crippen MR) is 77.3 cm³/mol. The standard InChI is InChI=1S/C14H16BrNO3/c1-8(17)7-16(3)14(18)13-9(2)11-6-10(15)4-5-12(11)19-13/h4-6,8,17H,7H2,1-3H3. The Kier molecular flexibility index (Phi) is 3.96. The minimum Gasteiger partial charge on any atom is -0.451 e. The fraction of sp³-hybridized carbons (Fsp3) is 0.357. The third kappa shape index (κ3) is 2.82. The van der Waals surface area contributed by atoms with E-state index in [1.807, 2.05) is 25.1 Å². The Bertz CT molecular complexity index is 618. The highest BCUT2D eigenvalue weighted by Crippen LogP contribution is 2.28. The van der Waals surface area contributed by atoms with Crippen molar-refractivity contribution >= 4 is 32.8 Å². The number of amides is 1. The molecule has 0 saturated heterocycles. The summed E-state index contributed by atoms with van der Waals surface area (Å²) in [5.74, 6) is 0.113. The monoisotopic (exact) mass is 325 g/mol. The van der Waals surface area contributed by atoms with E-state index in [-0.39, 0.29) is 12.5 Å². The lowest BCUT2D eigenvalue weighted by Crippen LogP contribution is -2.33. The maximum absolute atomic E-state index is 12.3. The van der Waals surface area contributed by atoms with Crippen molar-refractivity contribution in [2.45, 2.75) is 20.0 Å². The molecule has 1 N–H and O–H groups in total. The van der Waals surface area contributed by atoms with Gasteiger partial charge in [0.1, 0.15) is 5.58 Å². The van der Waals surface area contributed by atoms with Gasteiger partial charge in [-0.15, -0.1) is 0 Å². The summed E-state index contributed by atoms with van der Waals surface area (Å²) < 4.78 is 6.57. The van der Waals surface area contributed by atoms with Gasteiger partial charge in [0, 0.05) is 29.0 Å². The number of furan rings is 1. The van der Waals surface area contributed by atoms with Crippen molar-refractivity contribution in [2.75, 3.05) is 13.6 Å². The van der Waals surface area contributed by atoms with Crippen LogP contribution in [0.25, 0.3) is 11.0 Å². The quantitative estimate of drug-likeness (QED) is 0.943. The zero-order valence-electron chi connectivity index (χ0n) is 11.1. The third-order valence-electron chi connectivity index (χ3n) is 2.98. The van der Waals surface area contributed by atoms with Crippen LogP contribution in [0.1, 0.15) is 23.0 Å². The van der Waals surface area contributed by atoms with Gasteiger partial charge in [-0.25, -0.2) is 0 Å². The Morgan fingerprint density at radius 1 is 1.53 bits per heavy atom. The summed E-state index contributed by atoms with van der Waals surface area (Å²) in [5.41, 5.74) is 1.51. The second kappa shape index (κ2) is 5.35. The van der Waals surface area contributed by atoms with Crippen molar-refractivity contribution < 1.29 is 14.3 Å². The minimum atomic E-state index is -0.562. The Labute approximate surface area is 120 Å². The second-order valence-electron chi connectivity index (χ2n) is 4.73. The van der Waals surface area contributed by atoms with E-state index in [0.717, 1.165) is 15.4 Å². The molecule has 0 radical (unpaired) electrons. The average Bonchev–Trinajstić information content (AvgIpc) is 2.65. The smallest absolute Gasteiger partial charge is 0.289 e. The maximum Gasteiger partial charge on any atom is 0.289 e. The average molecular weight is 326 g/mol. The van der Waals surface area contributed by atoms with E-state index in [4.69, 9.17) is 4.42 Å². The number of hydrogen-bond acceptors (Lipinski definition) is 3. The molecule has 0 aliphatic heterocycles. The number of nitrogens with zero attached hydrogens (tertiary/aromatic N) is 1. The molecule has 102 valence electrons. The van der Waals surface area contributed by atoms with Crippen LogP contribution in [-0.2, 0) is 0 Å². The number of aliphatic hydroxyl groups is 1. The van der Waals surface area contributed by atoms with E-state index < -0.39 is 6.10 Å². The topological polar surface area (TPSA) is 53.7 Å². The first-order chi connectivity index (χ1) is 8.90. The van der Waals surface area contributed by atoms with Crippen LogP contribution in [0, 0.1) is 6.92 Å². The lowest BCUT2D eigenvalue weighted by atomic mass is 10.1. The van der Waals surface area contributed by atoms with Gasteiger partial charge < -0.3 is 14.4 Å². The Balaban J connectivity index is 2.40. The second-order valence-corrected chi connectivity index (χ2v) is 5.65. The number of halogens is 1. The van der Waals surface area contributed by atoms with Crippen LogP contribution in [0.4, 0.5) is 0 Å². The molecule has 1 atom stereocenters. The molecule has 0 aliphatic carbocycles. The van der Waals surface area contributed by atoms with Gasteiger partial charge in [0.05, 0.1) is 6.10 Å². The number of rotatable bonds is 3. The molecule has 1 amide bonds. The molecular weight excluding hydrogens is 310 g/mol. The number of benzene rings is 1. The van der Waals surface area contributed by atoms with E-state index in [9.17, 15) is 9.90 Å². The molecule has 4 nitrogen and oxygen atoms in total. The highest BCUT2D eigenvalue weighted by atomic mass is 79.9. The number of fused-ring (bicyclic) bond motifs is 1. The first kappa shape index (κ1) is 14.1. The minimum absolute atomic E-state index is 0.217. The molecule has 19 heavy (non-hydrogen) atoms. The molecular formula is C14H16BrNO3. The van der Waals surface area contributed by atoms with Gasteiger partial charge >= 0.3 is 0 Å². The van der Waals surface area contributed by atoms with E-state index >= 15 is 0 Å². The van der Waals surface area contributed by atoms with Crippen LogP contribution in [0.2, 0.25) is 0 Å². The molecule has 1 unspecified atom stereocenters. The summed E-state index contributed by atoms with van der Waals surface area (Å²) in [5, 5.41) is 10.3. The molecule has 0 saturated carbocycles. The van der Waals surface area contributed by atoms with Gasteiger partial charge in [0.2, 0.25) is 0 Å². The molecule has 0 aliphatic rings. The summed E-state index contributed by atoms with van der Waals surface area (Å²) in [4.78, 5) is 13.7. The number of aliphatic hydroxyl groups excluding tert-OH is 1. The SMILES string of the molecule is Cc1c(C(=O)N(C)CC(C)O)oc2ccc(Br)cc12. The lowest BCUT2D eigenvalue weighted by Gasteiger charge is -2.17. The van der Waals surface area contributed by atoms with Crippen molar-refractivity contribution in [3.05, 3.63) is 34.0 Å². The van der Waals surface area contributed by atoms with Gasteiger partial charge in [-0.05, 0) is 32.0 Å². The Hall–Kier alpha value is -1.33. The number of carbonyl (C=O) groups is 1. The van der Waals surface area contributed by atoms with Crippen molar-refractivity contribution in [3.63, 3.8) is 0 Å². The van der Waals surface area contributed by atoms with Crippen LogP contribution in [0.3, 0.4) is 0 Å². The summed E-state index contributed by atoms with van der Waals surface area (Å²) in [6.07, 6.45) is -0.562. The van der Waals surface area contributed by atoms with Crippen LogP contribution in [-0.4, -0.2) is 35.6 Å². The van der Waals surface area contributed by atoms with Crippen LogP contribution in [0.15, 0.2) is 27.1 Å². The number of carbonyl (C=O) groups excluding carboxylic acids is 1. The first-order valence-corrected chi connectivity index (χ1v) is 6.81. The van der Waals surface area contributed by atoms with E-state index in [1.54, 1.807) is 14.0 Å². The zero-order valence-corrected chi connectivity index (χ0v) is 12.7. The largest absolute Gasteiger partial charge is 0.451 e. The number of aryl methyl sites for hydroxylation is 1. The first-order valence-electron chi connectivity index (χ1n) is 6.02. The summed E-state index contributed by atoms with van der Waals surface area (Å²) >= 11 is 3.40. The fourth-order valence-corrected chi connectivity index (χ4v) is 2.41. The number of hydrogen-bond donors (Lipinski definition) is 1. The molecule has 5 heteroatoms. The highest BCUT2D eigenvalue weighted by Gasteiger charge is 2.21. The van der Waals surface area contributed by atoms with Gasteiger partial charge in [-0.3, -0.25) is 4.79 Å². The summed E-state index contributed by atoms with van der Waals surface area (Å²) in [7, 11) is 1.65. The van der Waals surface area contributed by atoms with Gasteiger partial charge in [-0.1, -0.05) is 15.9 Å². The molecule has 0 fully saturated rings. The van der Waals surface area contributed by atoms with Gasteiger partial charge in [-0.2, -0.15) is 0 Å². The van der Waals surface area contributed by atoms with Crippen molar-refractivity contribution in [1.29, 1.82) is 0 Å². The molecule has 0 spiro atoms. The fourth-order valence-electron chi connectivity index (χ4n) is 2.05. The van der Waals surface area contributed by atoms with Crippen LogP contribution in [0.5, 0.6) is 0 Å².